The van der Waals surface area contributed by atoms with Gasteiger partial charge in [-0.3, -0.25) is 28.1 Å². The number of carbonyl (C=O) groups excluding carboxylic acids is 2. The van der Waals surface area contributed by atoms with E-state index in [-0.39, 0.29) is 11.5 Å². The van der Waals surface area contributed by atoms with E-state index < -0.39 is 70.2 Å². The number of ether oxygens (including phenoxy) is 3. The van der Waals surface area contributed by atoms with Gasteiger partial charge in [-0.25, -0.2) is 4.79 Å². The van der Waals surface area contributed by atoms with Crippen molar-refractivity contribution in [1.82, 2.24) is 9.55 Å². The van der Waals surface area contributed by atoms with Crippen molar-refractivity contribution in [3.63, 3.8) is 0 Å². The highest BCUT2D eigenvalue weighted by Gasteiger charge is 2.51. The summed E-state index contributed by atoms with van der Waals surface area (Å²) in [6, 6.07) is 8.26. The van der Waals surface area contributed by atoms with E-state index in [9.17, 15) is 27.6 Å². The summed E-state index contributed by atoms with van der Waals surface area (Å²) in [6.07, 6.45) is -4.25. The molecule has 12 nitrogen and oxygen atoms in total. The van der Waals surface area contributed by atoms with Crippen LogP contribution in [0.1, 0.15) is 51.0 Å². The van der Waals surface area contributed by atoms with Gasteiger partial charge in [-0.2, -0.15) is 8.42 Å². The van der Waals surface area contributed by atoms with Crippen molar-refractivity contribution in [3.05, 3.63) is 68.5 Å². The highest BCUT2D eigenvalue weighted by molar-refractivity contribution is 7.85. The lowest BCUT2D eigenvalue weighted by molar-refractivity contribution is -0.155. The van der Waals surface area contributed by atoms with Gasteiger partial charge in [-0.15, -0.1) is 0 Å². The van der Waals surface area contributed by atoms with Crippen LogP contribution in [0.5, 0.6) is 0 Å². The predicted molar refractivity (Wildman–Crippen MR) is 125 cm³/mol. The summed E-state index contributed by atoms with van der Waals surface area (Å²) >= 11 is 0. The summed E-state index contributed by atoms with van der Waals surface area (Å²) in [5, 5.41) is 0. The molecule has 196 valence electrons. The number of aromatic amines is 1. The second-order valence-electron chi connectivity index (χ2n) is 8.60. The van der Waals surface area contributed by atoms with Gasteiger partial charge in [-0.05, 0) is 11.5 Å². The average molecular weight is 525 g/mol. The number of nitrogens with zero attached hydrogens (tertiary/aromatic N) is 1. The Hall–Kier alpha value is -3.29. The van der Waals surface area contributed by atoms with Gasteiger partial charge in [0.25, 0.3) is 15.7 Å². The largest absolute Gasteiger partial charge is 0.463 e. The number of H-pyrrole nitrogens is 1. The maximum atomic E-state index is 12.9. The molecule has 0 aliphatic carbocycles. The zero-order valence-electron chi connectivity index (χ0n) is 20.2. The van der Waals surface area contributed by atoms with Crippen LogP contribution in [0.25, 0.3) is 0 Å². The summed E-state index contributed by atoms with van der Waals surface area (Å²) in [4.78, 5) is 50.5. The van der Waals surface area contributed by atoms with Crippen molar-refractivity contribution in [2.45, 2.75) is 63.9 Å². The third-order valence-electron chi connectivity index (χ3n) is 5.37. The topological polar surface area (TPSA) is 160 Å². The Kier molecular flexibility index (Phi) is 8.48. The van der Waals surface area contributed by atoms with Crippen LogP contribution in [0.15, 0.2) is 46.1 Å². The Morgan fingerprint density at radius 1 is 1.08 bits per heavy atom. The summed E-state index contributed by atoms with van der Waals surface area (Å²) in [5.74, 6) is -2.22. The molecular formula is C23H28N2O10S. The lowest BCUT2D eigenvalue weighted by Gasteiger charge is -2.24. The number of esters is 2. The summed E-state index contributed by atoms with van der Waals surface area (Å²) in [7, 11) is -4.26. The Morgan fingerprint density at radius 3 is 2.33 bits per heavy atom. The van der Waals surface area contributed by atoms with E-state index in [4.69, 9.17) is 18.4 Å². The molecule has 2 aromatic rings. The molecule has 0 spiro atoms. The monoisotopic (exact) mass is 524 g/mol. The SMILES string of the molecule is CC(=O)OC[C@H]1O[C@@H](n2cc(C(C)C)c(=O)[nH]c2=O)[C@H](OC(C)=O)[C@H]1OS(=O)(=O)Cc1ccccc1. The second kappa shape index (κ2) is 11.2. The van der Waals surface area contributed by atoms with Crippen LogP contribution in [0.2, 0.25) is 0 Å². The van der Waals surface area contributed by atoms with Crippen LogP contribution >= 0.6 is 0 Å². The summed E-state index contributed by atoms with van der Waals surface area (Å²) in [6.45, 7) is 5.29. The first-order valence-electron chi connectivity index (χ1n) is 11.1. The molecule has 2 heterocycles. The Bertz CT molecular complexity index is 1320. The van der Waals surface area contributed by atoms with Crippen molar-refractivity contribution in [3.8, 4) is 0 Å². The zero-order chi connectivity index (χ0) is 26.6. The standard InChI is InChI=1S/C23H28N2O10S/c1-13(2)17-10-25(23(29)24-21(17)28)22-20(33-15(4)27)19(18(34-22)11-32-14(3)26)35-36(30,31)12-16-8-6-5-7-9-16/h5-10,13,18-20,22H,11-12H2,1-4H3,(H,24,28,29)/t18-,19+,20-,22-/m1/s1. The molecule has 36 heavy (non-hydrogen) atoms. The van der Waals surface area contributed by atoms with Gasteiger partial charge >= 0.3 is 17.6 Å². The Balaban J connectivity index is 2.04. The van der Waals surface area contributed by atoms with E-state index >= 15 is 0 Å². The molecule has 1 aliphatic heterocycles. The quantitative estimate of drug-likeness (QED) is 0.370. The Morgan fingerprint density at radius 2 is 1.75 bits per heavy atom. The molecule has 3 rings (SSSR count). The molecule has 0 unspecified atom stereocenters. The molecule has 1 N–H and O–H groups in total. The minimum atomic E-state index is -4.26. The van der Waals surface area contributed by atoms with E-state index in [0.29, 0.717) is 5.56 Å². The number of aromatic nitrogens is 2. The maximum absolute atomic E-state index is 12.9. The fourth-order valence-corrected chi connectivity index (χ4v) is 5.02. The van der Waals surface area contributed by atoms with Crippen LogP contribution < -0.4 is 11.2 Å². The first-order chi connectivity index (χ1) is 16.9. The third kappa shape index (κ3) is 6.68. The molecule has 13 heteroatoms. The highest BCUT2D eigenvalue weighted by atomic mass is 32.2. The zero-order valence-corrected chi connectivity index (χ0v) is 21.0. The van der Waals surface area contributed by atoms with Crippen molar-refractivity contribution in [2.75, 3.05) is 6.61 Å². The normalized spacial score (nSPS) is 21.9. The lowest BCUT2D eigenvalue weighted by atomic mass is 10.1. The van der Waals surface area contributed by atoms with E-state index in [0.717, 1.165) is 18.4 Å². The molecule has 1 aromatic heterocycles. The second-order valence-corrected chi connectivity index (χ2v) is 10.2. The molecule has 0 radical (unpaired) electrons. The Labute approximate surface area is 207 Å². The number of nitrogens with one attached hydrogen (secondary N) is 1. The van der Waals surface area contributed by atoms with Gasteiger partial charge in [0, 0.05) is 25.6 Å². The third-order valence-corrected chi connectivity index (χ3v) is 6.58. The molecule has 1 aliphatic rings. The fourth-order valence-electron chi connectivity index (χ4n) is 3.78. The number of rotatable bonds is 9. The minimum Gasteiger partial charge on any atom is -0.463 e. The van der Waals surface area contributed by atoms with Gasteiger partial charge in [0.1, 0.15) is 24.6 Å². The number of carbonyl (C=O) groups is 2. The van der Waals surface area contributed by atoms with Crippen molar-refractivity contribution in [2.24, 2.45) is 0 Å². The van der Waals surface area contributed by atoms with Crippen molar-refractivity contribution in [1.29, 1.82) is 0 Å². The van der Waals surface area contributed by atoms with Crippen molar-refractivity contribution < 1.29 is 36.4 Å². The van der Waals surface area contributed by atoms with E-state index in [2.05, 4.69) is 4.98 Å². The number of hydrogen-bond donors (Lipinski definition) is 1. The van der Waals surface area contributed by atoms with Crippen LogP contribution in [0.4, 0.5) is 0 Å². The molecule has 0 bridgehead atoms. The smallest absolute Gasteiger partial charge is 0.330 e. The summed E-state index contributed by atoms with van der Waals surface area (Å²) < 4.78 is 48.5. The first-order valence-corrected chi connectivity index (χ1v) is 12.7. The lowest BCUT2D eigenvalue weighted by Crippen LogP contribution is -2.43. The van der Waals surface area contributed by atoms with Crippen LogP contribution in [0.3, 0.4) is 0 Å². The highest BCUT2D eigenvalue weighted by Crippen LogP contribution is 2.35. The minimum absolute atomic E-state index is 0.248. The van der Waals surface area contributed by atoms with Gasteiger partial charge in [0.2, 0.25) is 0 Å². The predicted octanol–water partition coefficient (Wildman–Crippen LogP) is 0.967. The van der Waals surface area contributed by atoms with E-state index in [1.807, 2.05) is 0 Å². The van der Waals surface area contributed by atoms with E-state index in [1.54, 1.807) is 44.2 Å². The van der Waals surface area contributed by atoms with Crippen molar-refractivity contribution >= 4 is 22.1 Å². The molecule has 1 fully saturated rings. The van der Waals surface area contributed by atoms with Crippen LogP contribution in [-0.2, 0) is 43.9 Å². The molecule has 1 aromatic carbocycles. The van der Waals surface area contributed by atoms with Gasteiger partial charge < -0.3 is 14.2 Å². The molecule has 0 saturated carbocycles. The molecule has 1 saturated heterocycles. The first kappa shape index (κ1) is 27.3. The average Bonchev–Trinajstić information content (AvgIpc) is 3.08. The maximum Gasteiger partial charge on any atom is 0.330 e. The van der Waals surface area contributed by atoms with Crippen LogP contribution in [0, 0.1) is 0 Å². The number of hydrogen-bond acceptors (Lipinski definition) is 10. The molecular weight excluding hydrogens is 496 g/mol. The fraction of sp³-hybridized carbons (Fsp3) is 0.478. The van der Waals surface area contributed by atoms with E-state index in [1.165, 1.54) is 6.20 Å². The summed E-state index contributed by atoms with van der Waals surface area (Å²) in [5.41, 5.74) is -0.766. The van der Waals surface area contributed by atoms with Gasteiger partial charge in [-0.1, -0.05) is 44.2 Å². The molecule has 0 amide bonds. The van der Waals surface area contributed by atoms with Crippen LogP contribution in [-0.4, -0.2) is 54.8 Å². The number of benzene rings is 1. The van der Waals surface area contributed by atoms with Gasteiger partial charge in [0.05, 0.1) is 0 Å². The molecule has 4 atom stereocenters. The van der Waals surface area contributed by atoms with Gasteiger partial charge in [0.15, 0.2) is 12.3 Å².